The van der Waals surface area contributed by atoms with Crippen molar-refractivity contribution in [2.75, 3.05) is 0 Å². The molecule has 3 aliphatic rings. The summed E-state index contributed by atoms with van der Waals surface area (Å²) in [6.07, 6.45) is 6.05. The largest absolute Gasteiger partial charge is 0.507 e. The first-order valence-electron chi connectivity index (χ1n) is 15.0. The molecule has 6 nitrogen and oxygen atoms in total. The monoisotopic (exact) mass is 580 g/mol. The van der Waals surface area contributed by atoms with E-state index in [2.05, 4.69) is 5.92 Å². The van der Waals surface area contributed by atoms with Crippen molar-refractivity contribution in [1.29, 1.82) is 0 Å². The molecular formula is C37H40O6. The minimum Gasteiger partial charge on any atom is -0.507 e. The van der Waals surface area contributed by atoms with Crippen molar-refractivity contribution in [2.24, 2.45) is 28.6 Å². The zero-order valence-corrected chi connectivity index (χ0v) is 26.2. The van der Waals surface area contributed by atoms with Crippen molar-refractivity contribution in [1.82, 2.24) is 0 Å². The minimum absolute atomic E-state index is 0.000756. The number of aromatic hydroxyl groups is 1. The highest BCUT2D eigenvalue weighted by Gasteiger charge is 2.73. The van der Waals surface area contributed by atoms with Gasteiger partial charge in [0.15, 0.2) is 23.0 Å². The Morgan fingerprint density at radius 2 is 1.67 bits per heavy atom. The van der Waals surface area contributed by atoms with Crippen molar-refractivity contribution >= 4 is 23.1 Å². The number of aliphatic hydroxyl groups is 1. The van der Waals surface area contributed by atoms with Gasteiger partial charge in [-0.2, -0.15) is 0 Å². The number of carbonyl (C=O) groups is 4. The zero-order valence-electron chi connectivity index (χ0n) is 26.2. The van der Waals surface area contributed by atoms with Crippen molar-refractivity contribution < 1.29 is 29.4 Å². The minimum atomic E-state index is -2.56. The molecule has 1 fully saturated rings. The third-order valence-corrected chi connectivity index (χ3v) is 10.6. The third-order valence-electron chi connectivity index (χ3n) is 10.6. The summed E-state index contributed by atoms with van der Waals surface area (Å²) in [7, 11) is 0. The van der Waals surface area contributed by atoms with Gasteiger partial charge >= 0.3 is 0 Å². The quantitative estimate of drug-likeness (QED) is 0.261. The molecule has 6 heteroatoms. The van der Waals surface area contributed by atoms with Gasteiger partial charge in [0.1, 0.15) is 5.75 Å². The maximum atomic E-state index is 14.6. The Hall–Kier alpha value is -3.82. The van der Waals surface area contributed by atoms with E-state index in [-0.39, 0.29) is 35.1 Å². The molecule has 43 heavy (non-hydrogen) atoms. The van der Waals surface area contributed by atoms with E-state index >= 15 is 0 Å². The van der Waals surface area contributed by atoms with Gasteiger partial charge in [0.2, 0.25) is 5.78 Å². The van der Waals surface area contributed by atoms with Crippen LogP contribution in [-0.4, -0.2) is 38.9 Å². The van der Waals surface area contributed by atoms with Crippen molar-refractivity contribution in [3.8, 4) is 29.2 Å². The van der Waals surface area contributed by atoms with E-state index < -0.39 is 51.4 Å². The Balaban J connectivity index is 1.77. The predicted octanol–water partition coefficient (Wildman–Crippen LogP) is 6.00. The average Bonchev–Trinajstić information content (AvgIpc) is 2.90. The number of carbonyl (C=O) groups excluding carboxylic acids is 4. The molecule has 0 aliphatic heterocycles. The lowest BCUT2D eigenvalue weighted by molar-refractivity contribution is -0.192. The number of terminal acetylenes is 1. The molecular weight excluding hydrogens is 540 g/mol. The van der Waals surface area contributed by atoms with Crippen LogP contribution in [0.1, 0.15) is 94.8 Å². The molecule has 5 rings (SSSR count). The maximum Gasteiger partial charge on any atom is 0.206 e. The van der Waals surface area contributed by atoms with Gasteiger partial charge in [0, 0.05) is 16.5 Å². The summed E-state index contributed by atoms with van der Waals surface area (Å²) in [5.41, 5.74) is -0.875. The number of phenolic OH excluding ortho intramolecular Hbond substituents is 1. The summed E-state index contributed by atoms with van der Waals surface area (Å²) >= 11 is 0. The number of allylic oxidation sites excluding steroid dienone is 1. The smallest absolute Gasteiger partial charge is 0.206 e. The van der Waals surface area contributed by atoms with E-state index in [0.717, 1.165) is 5.56 Å². The normalized spacial score (nSPS) is 30.2. The molecule has 0 saturated heterocycles. The highest BCUT2D eigenvalue weighted by Crippen LogP contribution is 2.65. The summed E-state index contributed by atoms with van der Waals surface area (Å²) in [5.74, 6) is -2.48. The summed E-state index contributed by atoms with van der Waals surface area (Å²) in [6.45, 7) is 14.6. The lowest BCUT2D eigenvalue weighted by Gasteiger charge is -2.62. The van der Waals surface area contributed by atoms with Gasteiger partial charge in [0.05, 0.1) is 17.1 Å². The maximum absolute atomic E-state index is 14.6. The van der Waals surface area contributed by atoms with Crippen LogP contribution in [0.4, 0.5) is 0 Å². The molecule has 1 saturated carbocycles. The van der Waals surface area contributed by atoms with Gasteiger partial charge in [-0.1, -0.05) is 65.2 Å². The second-order valence-electron chi connectivity index (χ2n) is 14.1. The van der Waals surface area contributed by atoms with Gasteiger partial charge in [-0.25, -0.2) is 0 Å². The summed E-state index contributed by atoms with van der Waals surface area (Å²) in [4.78, 5) is 56.0. The molecule has 0 bridgehead atoms. The average molecular weight is 581 g/mol. The Kier molecular flexibility index (Phi) is 7.02. The van der Waals surface area contributed by atoms with E-state index in [1.807, 2.05) is 40.7 Å². The molecule has 3 aliphatic carbocycles. The fourth-order valence-electron chi connectivity index (χ4n) is 9.07. The second kappa shape index (κ2) is 9.86. The highest BCUT2D eigenvalue weighted by atomic mass is 16.3. The molecule has 2 aromatic carbocycles. The lowest BCUT2D eigenvalue weighted by Crippen LogP contribution is -2.73. The molecule has 0 aromatic heterocycles. The van der Waals surface area contributed by atoms with Crippen LogP contribution in [0.15, 0.2) is 41.5 Å². The molecule has 2 aromatic rings. The van der Waals surface area contributed by atoms with E-state index in [1.54, 1.807) is 38.1 Å². The van der Waals surface area contributed by atoms with Crippen LogP contribution in [0.25, 0.3) is 11.1 Å². The van der Waals surface area contributed by atoms with E-state index in [1.165, 1.54) is 6.92 Å². The van der Waals surface area contributed by atoms with Gasteiger partial charge in [-0.15, -0.1) is 6.42 Å². The molecule has 0 spiro atoms. The molecule has 0 heterocycles. The highest BCUT2D eigenvalue weighted by molar-refractivity contribution is 6.33. The molecule has 2 N–H and O–H groups in total. The van der Waals surface area contributed by atoms with Crippen LogP contribution in [0.2, 0.25) is 0 Å². The van der Waals surface area contributed by atoms with Gasteiger partial charge in [-0.05, 0) is 84.7 Å². The molecule has 224 valence electrons. The standard InChI is InChI=1S/C37H40O6/c1-10-22-11-13-23(14-12-22)25-15-24(18(2)3)26-16-35(8)17-36(9)29(19(4)5)20(6)27(21(7)38)33(41)37(36,43)34(42)30(35)32(40)28(26)31(25)39/h1,11-15,18-19,29-30,39,43H,16-17H2,2-9H3/t29-,30?,35+,36+,37-/m1/s1. The molecule has 0 amide bonds. The summed E-state index contributed by atoms with van der Waals surface area (Å²) in [5, 5.41) is 24.0. The van der Waals surface area contributed by atoms with Crippen LogP contribution in [0.5, 0.6) is 5.75 Å². The Morgan fingerprint density at radius 1 is 1.07 bits per heavy atom. The second-order valence-corrected chi connectivity index (χ2v) is 14.1. The fourth-order valence-corrected chi connectivity index (χ4v) is 9.07. The number of ketones is 4. The Labute approximate surface area is 253 Å². The Morgan fingerprint density at radius 3 is 2.19 bits per heavy atom. The van der Waals surface area contributed by atoms with Gasteiger partial charge < -0.3 is 10.2 Å². The van der Waals surface area contributed by atoms with E-state index in [9.17, 15) is 29.4 Å². The van der Waals surface area contributed by atoms with E-state index in [4.69, 9.17) is 6.42 Å². The number of benzene rings is 2. The summed E-state index contributed by atoms with van der Waals surface area (Å²) < 4.78 is 0. The zero-order chi connectivity index (χ0) is 32.0. The van der Waals surface area contributed by atoms with E-state index in [0.29, 0.717) is 34.2 Å². The summed E-state index contributed by atoms with van der Waals surface area (Å²) in [6, 6.07) is 8.98. The number of hydrogen-bond donors (Lipinski definition) is 2. The van der Waals surface area contributed by atoms with Crippen LogP contribution in [0.3, 0.4) is 0 Å². The van der Waals surface area contributed by atoms with Crippen molar-refractivity contribution in [3.05, 3.63) is 63.7 Å². The number of phenols is 1. The van der Waals surface area contributed by atoms with Crippen LogP contribution in [-0.2, 0) is 20.8 Å². The van der Waals surface area contributed by atoms with Crippen LogP contribution in [0, 0.1) is 40.9 Å². The fraction of sp³-hybridized carbons (Fsp3) is 0.459. The van der Waals surface area contributed by atoms with Gasteiger partial charge in [-0.3, -0.25) is 19.2 Å². The van der Waals surface area contributed by atoms with Crippen molar-refractivity contribution in [3.63, 3.8) is 0 Å². The lowest BCUT2D eigenvalue weighted by atomic mass is 9.40. The first kappa shape index (κ1) is 30.6. The third kappa shape index (κ3) is 3.97. The Bertz CT molecular complexity index is 1680. The van der Waals surface area contributed by atoms with Crippen LogP contribution < -0.4 is 0 Å². The SMILES string of the molecule is C#Cc1ccc(-c2cc(C(C)C)c3c(c2O)C(=O)C2C(=O)[C@]4(O)C(=O)C(C(C)=O)=C(C)[C@@H](C(C)C)[C@]4(C)C[C@]2(C)C3)cc1. The molecule has 1 unspecified atom stereocenters. The predicted molar refractivity (Wildman–Crippen MR) is 165 cm³/mol. The number of fused-ring (bicyclic) bond motifs is 3. The molecule has 0 radical (unpaired) electrons. The first-order chi connectivity index (χ1) is 20.0. The molecule has 5 atom stereocenters. The van der Waals surface area contributed by atoms with Gasteiger partial charge in [0.25, 0.3) is 0 Å². The number of hydrogen-bond acceptors (Lipinski definition) is 6. The first-order valence-corrected chi connectivity index (χ1v) is 15.0. The number of Topliss-reactive ketones (excluding diaryl/α,β-unsaturated/α-hetero) is 4. The van der Waals surface area contributed by atoms with Crippen LogP contribution >= 0.6 is 0 Å². The number of rotatable bonds is 4. The topological polar surface area (TPSA) is 109 Å². The van der Waals surface area contributed by atoms with Crippen molar-refractivity contribution in [2.45, 2.75) is 79.8 Å².